The summed E-state index contributed by atoms with van der Waals surface area (Å²) < 4.78 is 13.4. The van der Waals surface area contributed by atoms with Gasteiger partial charge >= 0.3 is 0 Å². The second kappa shape index (κ2) is 10.4. The van der Waals surface area contributed by atoms with Crippen LogP contribution in [0.25, 0.3) is 0 Å². The maximum absolute atomic E-state index is 13.4. The number of piperidine rings is 1. The molecule has 0 spiro atoms. The minimum absolute atomic E-state index is 0.114. The van der Waals surface area contributed by atoms with Crippen LogP contribution in [0.1, 0.15) is 28.8 Å². The van der Waals surface area contributed by atoms with Crippen LogP contribution in [-0.2, 0) is 6.54 Å². The fourth-order valence-corrected chi connectivity index (χ4v) is 3.65. The molecule has 166 valence electrons. The van der Waals surface area contributed by atoms with Gasteiger partial charge in [-0.2, -0.15) is 4.98 Å². The van der Waals surface area contributed by atoms with Crippen molar-refractivity contribution in [3.05, 3.63) is 76.7 Å². The van der Waals surface area contributed by atoms with E-state index in [1.807, 2.05) is 12.1 Å². The Morgan fingerprint density at radius 3 is 2.91 bits per heavy atom. The van der Waals surface area contributed by atoms with Crippen LogP contribution in [0.3, 0.4) is 0 Å². The van der Waals surface area contributed by atoms with Crippen LogP contribution in [-0.4, -0.2) is 35.0 Å². The van der Waals surface area contributed by atoms with Crippen molar-refractivity contribution in [1.82, 2.24) is 20.6 Å². The number of aromatic nitrogens is 2. The summed E-state index contributed by atoms with van der Waals surface area (Å²) in [6.07, 6.45) is 3.51. The minimum atomic E-state index is -0.302. The summed E-state index contributed by atoms with van der Waals surface area (Å²) >= 11 is 6.21. The monoisotopic (exact) mass is 454 g/mol. The maximum atomic E-state index is 13.4. The largest absolute Gasteiger partial charge is 0.365 e. The van der Waals surface area contributed by atoms with E-state index in [0.717, 1.165) is 31.5 Å². The third-order valence-electron chi connectivity index (χ3n) is 5.11. The molecule has 0 saturated carbocycles. The van der Waals surface area contributed by atoms with Crippen LogP contribution in [0.4, 0.5) is 21.8 Å². The Bertz CT molecular complexity index is 1090. The highest BCUT2D eigenvalue weighted by molar-refractivity contribution is 6.32. The van der Waals surface area contributed by atoms with Gasteiger partial charge in [-0.1, -0.05) is 29.8 Å². The van der Waals surface area contributed by atoms with Gasteiger partial charge in [0.25, 0.3) is 5.91 Å². The van der Waals surface area contributed by atoms with Crippen LogP contribution >= 0.6 is 11.6 Å². The van der Waals surface area contributed by atoms with Crippen molar-refractivity contribution in [2.24, 2.45) is 0 Å². The molecule has 0 unspecified atom stereocenters. The summed E-state index contributed by atoms with van der Waals surface area (Å²) in [5, 5.41) is 12.9. The molecule has 1 atom stereocenters. The molecule has 1 saturated heterocycles. The number of rotatable bonds is 7. The summed E-state index contributed by atoms with van der Waals surface area (Å²) in [6, 6.07) is 13.6. The number of amides is 1. The van der Waals surface area contributed by atoms with Gasteiger partial charge in [0.15, 0.2) is 5.82 Å². The van der Waals surface area contributed by atoms with Gasteiger partial charge in [0.1, 0.15) is 10.8 Å². The van der Waals surface area contributed by atoms with E-state index >= 15 is 0 Å². The highest BCUT2D eigenvalue weighted by Crippen LogP contribution is 2.22. The SMILES string of the molecule is O=C(N[C@H]1CCCNC1)c1cccc(Nc2ncc(Cl)c(NCc3cccc(F)c3)n2)c1. The molecule has 7 nitrogen and oxygen atoms in total. The average molecular weight is 455 g/mol. The number of benzene rings is 2. The van der Waals surface area contributed by atoms with Crippen molar-refractivity contribution in [1.29, 1.82) is 0 Å². The lowest BCUT2D eigenvalue weighted by Crippen LogP contribution is -2.45. The number of carbonyl (C=O) groups excluding carboxylic acids is 1. The Kier molecular flexibility index (Phi) is 7.14. The lowest BCUT2D eigenvalue weighted by Gasteiger charge is -2.23. The molecule has 1 aliphatic heterocycles. The van der Waals surface area contributed by atoms with E-state index in [2.05, 4.69) is 31.2 Å². The zero-order valence-corrected chi connectivity index (χ0v) is 18.1. The molecule has 0 radical (unpaired) electrons. The number of halogens is 2. The molecular weight excluding hydrogens is 431 g/mol. The topological polar surface area (TPSA) is 91.0 Å². The number of nitrogens with zero attached hydrogens (tertiary/aromatic N) is 2. The summed E-state index contributed by atoms with van der Waals surface area (Å²) in [7, 11) is 0. The molecule has 1 fully saturated rings. The summed E-state index contributed by atoms with van der Waals surface area (Å²) in [5.74, 6) is 0.332. The van der Waals surface area contributed by atoms with Gasteiger partial charge in [-0.25, -0.2) is 9.37 Å². The van der Waals surface area contributed by atoms with Crippen LogP contribution in [0.15, 0.2) is 54.7 Å². The van der Waals surface area contributed by atoms with Crippen molar-refractivity contribution < 1.29 is 9.18 Å². The molecule has 2 aromatic carbocycles. The molecule has 4 N–H and O–H groups in total. The predicted octanol–water partition coefficient (Wildman–Crippen LogP) is 4.11. The summed E-state index contributed by atoms with van der Waals surface area (Å²) in [5.41, 5.74) is 2.00. The van der Waals surface area contributed by atoms with E-state index in [1.54, 1.807) is 24.3 Å². The number of carbonyl (C=O) groups is 1. The maximum Gasteiger partial charge on any atom is 0.251 e. The summed E-state index contributed by atoms with van der Waals surface area (Å²) in [6.45, 7) is 2.14. The molecule has 3 aromatic rings. The molecule has 9 heteroatoms. The Labute approximate surface area is 190 Å². The highest BCUT2D eigenvalue weighted by Gasteiger charge is 2.16. The molecule has 1 aromatic heterocycles. The molecule has 1 aliphatic rings. The van der Waals surface area contributed by atoms with Gasteiger partial charge in [0.2, 0.25) is 5.95 Å². The van der Waals surface area contributed by atoms with Crippen LogP contribution in [0, 0.1) is 5.82 Å². The quantitative estimate of drug-likeness (QED) is 0.429. The minimum Gasteiger partial charge on any atom is -0.365 e. The number of hydrogen-bond donors (Lipinski definition) is 4. The zero-order valence-electron chi connectivity index (χ0n) is 17.4. The van der Waals surface area contributed by atoms with Crippen molar-refractivity contribution in [2.45, 2.75) is 25.4 Å². The number of nitrogens with one attached hydrogen (secondary N) is 4. The lowest BCUT2D eigenvalue weighted by atomic mass is 10.1. The zero-order chi connectivity index (χ0) is 22.3. The predicted molar refractivity (Wildman–Crippen MR) is 124 cm³/mol. The second-order valence-electron chi connectivity index (χ2n) is 7.60. The molecular formula is C23H24ClFN6O. The number of anilines is 3. The van der Waals surface area contributed by atoms with Gasteiger partial charge in [0, 0.05) is 30.4 Å². The first-order valence-electron chi connectivity index (χ1n) is 10.5. The van der Waals surface area contributed by atoms with Crippen molar-refractivity contribution in [3.63, 3.8) is 0 Å². The molecule has 4 rings (SSSR count). The highest BCUT2D eigenvalue weighted by atomic mass is 35.5. The van der Waals surface area contributed by atoms with E-state index in [9.17, 15) is 9.18 Å². The van der Waals surface area contributed by atoms with Crippen LogP contribution in [0.5, 0.6) is 0 Å². The molecule has 32 heavy (non-hydrogen) atoms. The normalized spacial score (nSPS) is 15.8. The van der Waals surface area contributed by atoms with Gasteiger partial charge in [-0.05, 0) is 55.3 Å². The van der Waals surface area contributed by atoms with Gasteiger partial charge in [0.05, 0.1) is 6.20 Å². The second-order valence-corrected chi connectivity index (χ2v) is 8.00. The van der Waals surface area contributed by atoms with E-state index in [4.69, 9.17) is 11.6 Å². The Balaban J connectivity index is 1.41. The average Bonchev–Trinajstić information content (AvgIpc) is 2.80. The molecule has 2 heterocycles. The number of hydrogen-bond acceptors (Lipinski definition) is 6. The fraction of sp³-hybridized carbons (Fsp3) is 0.261. The third kappa shape index (κ3) is 5.93. The van der Waals surface area contributed by atoms with Crippen molar-refractivity contribution in [2.75, 3.05) is 23.7 Å². The molecule has 0 bridgehead atoms. The smallest absolute Gasteiger partial charge is 0.251 e. The van der Waals surface area contributed by atoms with E-state index < -0.39 is 0 Å². The Morgan fingerprint density at radius 1 is 1.22 bits per heavy atom. The van der Waals surface area contributed by atoms with E-state index in [-0.39, 0.29) is 17.8 Å². The lowest BCUT2D eigenvalue weighted by molar-refractivity contribution is 0.0930. The van der Waals surface area contributed by atoms with Crippen LogP contribution in [0.2, 0.25) is 5.02 Å². The van der Waals surface area contributed by atoms with Crippen molar-refractivity contribution in [3.8, 4) is 0 Å². The fourth-order valence-electron chi connectivity index (χ4n) is 3.50. The van der Waals surface area contributed by atoms with Gasteiger partial charge in [-0.3, -0.25) is 4.79 Å². The Morgan fingerprint density at radius 2 is 2.09 bits per heavy atom. The van der Waals surface area contributed by atoms with E-state index in [0.29, 0.717) is 34.6 Å². The van der Waals surface area contributed by atoms with Gasteiger partial charge in [-0.15, -0.1) is 0 Å². The first-order valence-corrected chi connectivity index (χ1v) is 10.8. The first-order chi connectivity index (χ1) is 15.6. The van der Waals surface area contributed by atoms with Crippen LogP contribution < -0.4 is 21.3 Å². The first kappa shape index (κ1) is 22.0. The van der Waals surface area contributed by atoms with Gasteiger partial charge < -0.3 is 21.3 Å². The summed E-state index contributed by atoms with van der Waals surface area (Å²) in [4.78, 5) is 21.2. The van der Waals surface area contributed by atoms with Crippen molar-refractivity contribution >= 4 is 35.0 Å². The third-order valence-corrected chi connectivity index (χ3v) is 5.38. The Hall–Kier alpha value is -3.23. The molecule has 1 amide bonds. The van der Waals surface area contributed by atoms with E-state index in [1.165, 1.54) is 18.3 Å². The molecule has 0 aliphatic carbocycles. The standard InChI is InChI=1S/C23H24ClFN6O/c24-20-14-28-23(31-21(20)27-12-15-4-1-6-17(25)10-15)30-18-7-2-5-16(11-18)22(32)29-19-8-3-9-26-13-19/h1-2,4-7,10-11,14,19,26H,3,8-9,12-13H2,(H,29,32)(H2,27,28,30,31)/t19-/m0/s1.